The average molecular weight is 1960 g/mol. The first-order valence-electron chi connectivity index (χ1n) is 44.3. The van der Waals surface area contributed by atoms with Crippen molar-refractivity contribution in [1.29, 1.82) is 0 Å². The first-order chi connectivity index (χ1) is 67.5. The third kappa shape index (κ3) is 26.8. The summed E-state index contributed by atoms with van der Waals surface area (Å²) in [4.78, 5) is 247. The molecule has 53 heteroatoms. The van der Waals surface area contributed by atoms with Crippen LogP contribution in [0.3, 0.4) is 0 Å². The minimum atomic E-state index is -0.685. The van der Waals surface area contributed by atoms with Crippen LogP contribution < -0.4 is 96.1 Å². The zero-order valence-corrected chi connectivity index (χ0v) is 80.1. The third-order valence-electron chi connectivity index (χ3n) is 21.8. The van der Waals surface area contributed by atoms with Gasteiger partial charge in [-0.05, 0) is 88.4 Å². The zero-order valence-electron chi connectivity index (χ0n) is 80.1. The summed E-state index contributed by atoms with van der Waals surface area (Å²) in [6.45, 7) is 4.06. The van der Waals surface area contributed by atoms with Crippen LogP contribution in [-0.2, 0) is 109 Å². The number of amides is 17. The Balaban J connectivity index is 0.514. The number of nitrogens with one attached hydrogen (secondary N) is 17. The summed E-state index contributed by atoms with van der Waals surface area (Å²) in [7, 11) is 20.9. The number of rotatable bonds is 44. The Labute approximate surface area is 809 Å². The van der Waals surface area contributed by atoms with Gasteiger partial charge in [-0.2, -0.15) is 0 Å². The van der Waals surface area contributed by atoms with E-state index in [9.17, 15) is 81.5 Å². The Morgan fingerprint density at radius 2 is 0.472 bits per heavy atom. The molecule has 12 aromatic heterocycles. The summed E-state index contributed by atoms with van der Waals surface area (Å²) in [6, 6.07) is 10.1. The van der Waals surface area contributed by atoms with Crippen LogP contribution in [0.2, 0.25) is 0 Å². The first kappa shape index (κ1) is 103. The van der Waals surface area contributed by atoms with Crippen LogP contribution in [0.5, 0.6) is 0 Å². The van der Waals surface area contributed by atoms with E-state index >= 15 is 0 Å². The smallest absolute Gasteiger partial charge is 0.292 e. The van der Waals surface area contributed by atoms with Crippen LogP contribution in [0.1, 0.15) is 178 Å². The lowest BCUT2D eigenvalue weighted by Gasteiger charge is -2.15. The number of imidazole rings is 5. The number of anilines is 12. The van der Waals surface area contributed by atoms with Gasteiger partial charge in [0.1, 0.15) is 39.9 Å². The minimum absolute atomic E-state index is 0.0270. The predicted octanol–water partition coefficient (Wildman–Crippen LogP) is 2.27. The molecular formula is C89H110N36O17. The van der Waals surface area contributed by atoms with E-state index < -0.39 is 88.6 Å². The summed E-state index contributed by atoms with van der Waals surface area (Å²) in [6.07, 6.45) is 19.2. The second-order valence-corrected chi connectivity index (χ2v) is 33.4. The van der Waals surface area contributed by atoms with Crippen LogP contribution >= 0.6 is 0 Å². The van der Waals surface area contributed by atoms with Gasteiger partial charge in [-0.25, -0.2) is 24.9 Å². The maximum atomic E-state index is 13.6. The molecule has 0 saturated heterocycles. The van der Waals surface area contributed by atoms with Gasteiger partial charge in [0, 0.05) is 224 Å². The number of hydrogen-bond donors (Lipinski definition) is 18. The molecule has 0 atom stereocenters. The van der Waals surface area contributed by atoms with Crippen molar-refractivity contribution >= 4 is 169 Å². The van der Waals surface area contributed by atoms with Crippen LogP contribution in [0.25, 0.3) is 0 Å². The second kappa shape index (κ2) is 45.7. The fraction of sp³-hybridized carbons (Fsp3) is 0.326. The second-order valence-electron chi connectivity index (χ2n) is 33.4. The summed E-state index contributed by atoms with van der Waals surface area (Å²) in [5.74, 6) is -9.31. The van der Waals surface area contributed by atoms with Gasteiger partial charge in [0.05, 0.1) is 39.8 Å². The van der Waals surface area contributed by atoms with Gasteiger partial charge in [0.25, 0.3) is 70.9 Å². The van der Waals surface area contributed by atoms with Crippen molar-refractivity contribution in [2.45, 2.75) is 51.9 Å². The number of carbonyl (C=O) groups excluding carboxylic acids is 17. The molecule has 0 spiro atoms. The average Bonchev–Trinajstić information content (AvgIpc) is 1.68. The molecule has 12 aromatic rings. The van der Waals surface area contributed by atoms with Gasteiger partial charge in [-0.15, -0.1) is 0 Å². The van der Waals surface area contributed by atoms with Crippen LogP contribution in [-0.4, -0.2) is 244 Å². The third-order valence-corrected chi connectivity index (χ3v) is 21.8. The van der Waals surface area contributed by atoms with Crippen molar-refractivity contribution in [3.8, 4) is 0 Å². The zero-order chi connectivity index (χ0) is 103. The van der Waals surface area contributed by atoms with Crippen molar-refractivity contribution in [2.24, 2.45) is 90.3 Å². The van der Waals surface area contributed by atoms with Crippen LogP contribution in [0.15, 0.2) is 117 Å². The van der Waals surface area contributed by atoms with Gasteiger partial charge >= 0.3 is 0 Å². The van der Waals surface area contributed by atoms with E-state index in [-0.39, 0.29) is 202 Å². The lowest BCUT2D eigenvalue weighted by atomic mass is 10.3. The molecule has 748 valence electrons. The number of aryl methyl sites for hydroxylation is 12. The van der Waals surface area contributed by atoms with E-state index in [1.807, 2.05) is 7.05 Å². The lowest BCUT2D eigenvalue weighted by molar-refractivity contribution is -0.121. The van der Waals surface area contributed by atoms with Crippen molar-refractivity contribution < 1.29 is 81.5 Å². The summed E-state index contributed by atoms with van der Waals surface area (Å²) < 4.78 is 17.3. The van der Waals surface area contributed by atoms with Crippen molar-refractivity contribution in [3.63, 3.8) is 0 Å². The molecule has 0 radical (unpaired) electrons. The summed E-state index contributed by atoms with van der Waals surface area (Å²) >= 11 is 0. The van der Waals surface area contributed by atoms with Gasteiger partial charge in [0.15, 0.2) is 29.1 Å². The van der Waals surface area contributed by atoms with Crippen LogP contribution in [0.4, 0.5) is 68.9 Å². The van der Waals surface area contributed by atoms with E-state index in [0.717, 1.165) is 25.9 Å². The van der Waals surface area contributed by atoms with E-state index in [0.29, 0.717) is 18.8 Å². The fourth-order valence-corrected chi connectivity index (χ4v) is 14.8. The molecule has 0 bridgehead atoms. The number of hydrogen-bond acceptors (Lipinski definition) is 24. The molecule has 0 fully saturated rings. The first-order valence-corrected chi connectivity index (χ1v) is 44.3. The van der Waals surface area contributed by atoms with E-state index in [1.54, 1.807) is 83.7 Å². The molecule has 53 nitrogen and oxygen atoms in total. The number of carbonyl (C=O) groups is 17. The molecule has 0 aliphatic carbocycles. The largest absolute Gasteiger partial charge is 0.356 e. The highest BCUT2D eigenvalue weighted by molar-refractivity contribution is 6.12. The molecule has 0 aliphatic rings. The highest BCUT2D eigenvalue weighted by Crippen LogP contribution is 2.26. The molecule has 0 unspecified atom stereocenters. The molecule has 0 saturated carbocycles. The van der Waals surface area contributed by atoms with Gasteiger partial charge in [0.2, 0.25) is 58.7 Å². The normalized spacial score (nSPS) is 11.0. The monoisotopic (exact) mass is 1950 g/mol. The molecule has 0 aliphatic heterocycles. The molecule has 142 heavy (non-hydrogen) atoms. The quantitative estimate of drug-likeness (QED) is 0.0244. The Morgan fingerprint density at radius 3 is 0.754 bits per heavy atom. The van der Waals surface area contributed by atoms with Gasteiger partial charge in [-0.1, -0.05) is 0 Å². The summed E-state index contributed by atoms with van der Waals surface area (Å²) in [5.41, 5.74) is 8.43. The maximum absolute atomic E-state index is 13.6. The fourth-order valence-electron chi connectivity index (χ4n) is 14.8. The number of aromatic nitrogens is 17. The maximum Gasteiger partial charge on any atom is 0.292 e. The standard InChI is InChI=1S/C89H110N36O17/c1-49(126)96-64-44-121(10)77(107-64)89(142)112-68-48-125(14)76(111-68)88(141)100-53-33-60(117(6)40-53)81(134)95-27-21-72(130)106-67-47-124(13)74(110-67)86(139)102-55-35-61(118(7)42-55)82(135)97-50-30-57(114(3)37-50)78(131)92-23-15-18-70(128)104-65-45-122(11)73(108-65)85(138)101-54-34-62(119(8)41-54)84(137)99-52-32-59(116(5)39-52)80(133)94-26-20-71(129)105-66-46-123(12)75(109-66)87(140)103-56-36-63(120(9)43-56)83(136)98-51-31-58(115(4)38-51)79(132)93-25-19-69(127)91-24-17-29-113(2)28-16-22-90/h30-48H,15-29,90H2,1-14H3,(H,91,127)(H,92,131)(H,93,132)(H,94,133)(H,95,134)(H,96,126)(H,97,135)(H,98,136)(H,99,137)(H,100,141)(H,101,138)(H,102,139)(H,103,140)(H,104,128)(H,105,129)(H,106,130)(H,112,142). The van der Waals surface area contributed by atoms with E-state index in [2.05, 4.69) is 120 Å². The number of nitrogens with zero attached hydrogens (tertiary/aromatic N) is 18. The Kier molecular flexibility index (Phi) is 33.1. The van der Waals surface area contributed by atoms with Crippen LogP contribution in [0, 0.1) is 0 Å². The van der Waals surface area contributed by atoms with Gasteiger partial charge in [-0.3, -0.25) is 81.5 Å². The van der Waals surface area contributed by atoms with Crippen molar-refractivity contribution in [3.05, 3.63) is 186 Å². The highest BCUT2D eigenvalue weighted by Gasteiger charge is 2.29. The van der Waals surface area contributed by atoms with E-state index in [4.69, 9.17) is 5.73 Å². The predicted molar refractivity (Wildman–Crippen MR) is 519 cm³/mol. The van der Waals surface area contributed by atoms with Crippen molar-refractivity contribution in [1.82, 2.24) is 111 Å². The topological polar surface area (TPSA) is 648 Å². The molecule has 19 N–H and O–H groups in total. The molecule has 12 heterocycles. The molecule has 12 rings (SSSR count). The molecule has 0 aromatic carbocycles. The SMILES string of the molecule is CC(=O)Nc1cn(C)c(C(=O)Nc2cn(C)c(C(=O)Nc3cc(C(=O)NCCC(=O)Nc4cn(C)c(C(=O)Nc5cc(C(=O)Nc6cc(C(=O)NCCCC(=O)Nc7cn(C)c(C(=O)Nc8cc(C(=O)Nc9cc(C(=O)NCCC(=O)Nc%10cn(C)c(C(=O)Nc%11cc(C(=O)Nc%12cc(C(=O)NCCC(=O)NCCCN(C)CCCN)n(C)c%12)n(C)c%11)n%10)n(C)c9)n(C)c8)n7)n(C)c6)n(C)c5)n4)n(C)c3)n2)n1. The van der Waals surface area contributed by atoms with E-state index in [1.165, 1.54) is 179 Å². The van der Waals surface area contributed by atoms with Crippen molar-refractivity contribution in [2.75, 3.05) is 123 Å². The minimum Gasteiger partial charge on any atom is -0.356 e. The number of nitrogens with two attached hydrogens (primary N) is 1. The molecule has 17 amide bonds. The Hall–Kier alpha value is -18.1. The highest BCUT2D eigenvalue weighted by atomic mass is 16.2. The van der Waals surface area contributed by atoms with Gasteiger partial charge < -0.3 is 156 Å². The summed E-state index contributed by atoms with van der Waals surface area (Å²) in [5, 5.41) is 45.7. The Bertz CT molecular complexity index is 6890. The lowest BCUT2D eigenvalue weighted by Crippen LogP contribution is -2.33. The molecular weight excluding hydrogens is 1850 g/mol. The Morgan fingerprint density at radius 1 is 0.246 bits per heavy atom.